The molecule has 0 amide bonds. The number of benzene rings is 9. The van der Waals surface area contributed by atoms with Crippen LogP contribution in [0.5, 0.6) is 0 Å². The highest BCUT2D eigenvalue weighted by Gasteiger charge is 2.26. The summed E-state index contributed by atoms with van der Waals surface area (Å²) in [5.41, 5.74) is 12.2. The van der Waals surface area contributed by atoms with Gasteiger partial charge in [-0.3, -0.25) is 4.57 Å². The highest BCUT2D eigenvalue weighted by atomic mass is 15.2. The molecule has 0 aliphatic heterocycles. The Morgan fingerprint density at radius 2 is 0.949 bits per heavy atom. The Bertz CT molecular complexity index is 4070. The third-order valence-electron chi connectivity index (χ3n) is 12.7. The summed E-state index contributed by atoms with van der Waals surface area (Å²) < 4.78 is 7.16. The first kappa shape index (κ1) is 31.1. The van der Waals surface area contributed by atoms with Gasteiger partial charge in [0.05, 0.1) is 49.8 Å². The highest BCUT2D eigenvalue weighted by molar-refractivity contribution is 6.38. The minimum absolute atomic E-state index is 0.656. The summed E-state index contributed by atoms with van der Waals surface area (Å²) in [4.78, 5) is 11.0. The molecule has 0 aliphatic rings. The normalized spacial score (nSPS) is 12.4. The molecule has 0 atom stereocenters. The van der Waals surface area contributed by atoms with E-state index in [1.807, 2.05) is 0 Å². The molecule has 9 aromatic carbocycles. The van der Waals surface area contributed by atoms with Gasteiger partial charge in [0.1, 0.15) is 0 Å². The summed E-state index contributed by atoms with van der Waals surface area (Å²) in [6, 6.07) is 67.9. The van der Waals surface area contributed by atoms with Gasteiger partial charge < -0.3 is 8.97 Å². The van der Waals surface area contributed by atoms with Crippen LogP contribution in [0.3, 0.4) is 0 Å². The molecule has 59 heavy (non-hydrogen) atoms. The molecule has 14 aromatic rings. The Labute approximate surface area is 336 Å². The molecule has 0 N–H and O–H groups in total. The van der Waals surface area contributed by atoms with E-state index in [0.717, 1.165) is 44.4 Å². The Hall–Kier alpha value is -8.02. The first-order chi connectivity index (χ1) is 29.3. The number of aromatic nitrogens is 5. The standard InChI is InChI=1S/C54H31N5/c1-2-15-34(16-3-1)57-43-23-11-7-18-36(43)40-30-33(27-28-46(40)57)52-38-20-6-10-22-42(38)55-54(56-52)59-45-25-13-9-21-39(45)50-48(59)31-41-37-19-8-12-24-44(37)58-47-29-26-32-14-4-5-17-35(32)49(47)51(50)53(41)58/h1-31H. The van der Waals surface area contributed by atoms with Crippen LogP contribution in [0.25, 0.3) is 126 Å². The van der Waals surface area contributed by atoms with Crippen LogP contribution in [0.1, 0.15) is 0 Å². The van der Waals surface area contributed by atoms with Crippen molar-refractivity contribution in [2.45, 2.75) is 0 Å². The largest absolute Gasteiger partial charge is 0.309 e. The van der Waals surface area contributed by atoms with Gasteiger partial charge in [-0.2, -0.15) is 0 Å². The topological polar surface area (TPSA) is 40.0 Å². The van der Waals surface area contributed by atoms with Crippen LogP contribution >= 0.6 is 0 Å². The summed E-state index contributed by atoms with van der Waals surface area (Å²) in [6.07, 6.45) is 0. The van der Waals surface area contributed by atoms with Crippen LogP contribution in [0, 0.1) is 0 Å². The maximum atomic E-state index is 5.60. The van der Waals surface area contributed by atoms with Crippen LogP contribution in [-0.4, -0.2) is 23.5 Å². The van der Waals surface area contributed by atoms with Gasteiger partial charge in [0, 0.05) is 59.7 Å². The molecule has 0 aliphatic carbocycles. The molecule has 0 saturated heterocycles. The van der Waals surface area contributed by atoms with E-state index in [1.54, 1.807) is 0 Å². The maximum absolute atomic E-state index is 5.60. The summed E-state index contributed by atoms with van der Waals surface area (Å²) in [7, 11) is 0. The van der Waals surface area contributed by atoms with Crippen molar-refractivity contribution in [3.05, 3.63) is 188 Å². The first-order valence-corrected chi connectivity index (χ1v) is 20.2. The van der Waals surface area contributed by atoms with E-state index >= 15 is 0 Å². The predicted octanol–water partition coefficient (Wildman–Crippen LogP) is 13.8. The Morgan fingerprint density at radius 1 is 0.339 bits per heavy atom. The van der Waals surface area contributed by atoms with Crippen LogP contribution in [0.15, 0.2) is 188 Å². The summed E-state index contributed by atoms with van der Waals surface area (Å²) >= 11 is 0. The average Bonchev–Trinajstić information content (AvgIpc) is 4.03. The second kappa shape index (κ2) is 11.3. The van der Waals surface area contributed by atoms with Crippen molar-refractivity contribution in [1.82, 2.24) is 23.5 Å². The molecule has 0 bridgehead atoms. The van der Waals surface area contributed by atoms with Gasteiger partial charge in [0.15, 0.2) is 0 Å². The fourth-order valence-corrected chi connectivity index (χ4v) is 10.3. The van der Waals surface area contributed by atoms with Crippen LogP contribution in [-0.2, 0) is 0 Å². The number of rotatable bonds is 3. The third-order valence-corrected chi connectivity index (χ3v) is 12.7. The fraction of sp³-hybridized carbons (Fsp3) is 0. The average molecular weight is 750 g/mol. The number of para-hydroxylation sites is 5. The monoisotopic (exact) mass is 749 g/mol. The van der Waals surface area contributed by atoms with Gasteiger partial charge in [-0.25, -0.2) is 9.97 Å². The molecule has 0 radical (unpaired) electrons. The summed E-state index contributed by atoms with van der Waals surface area (Å²) in [5.74, 6) is 0.656. The fourth-order valence-electron chi connectivity index (χ4n) is 10.3. The van der Waals surface area contributed by atoms with E-state index in [2.05, 4.69) is 202 Å². The van der Waals surface area contributed by atoms with Crippen LogP contribution < -0.4 is 0 Å². The van der Waals surface area contributed by atoms with Gasteiger partial charge in [0.2, 0.25) is 5.95 Å². The molecule has 5 heteroatoms. The SMILES string of the molecule is c1ccc(-n2c3ccccc3c3cc(-c4nc(-n5c6ccccc6c6c7c8c9ccccc9ccc8n8c9ccccc9c(cc65)c78)nc5ccccc45)ccc32)cc1. The lowest BCUT2D eigenvalue weighted by Gasteiger charge is -2.12. The third kappa shape index (κ3) is 4.03. The zero-order chi connectivity index (χ0) is 38.3. The number of nitrogens with zero attached hydrogens (tertiary/aromatic N) is 5. The number of hydrogen-bond donors (Lipinski definition) is 0. The van der Waals surface area contributed by atoms with Crippen molar-refractivity contribution in [2.75, 3.05) is 0 Å². The second-order valence-corrected chi connectivity index (χ2v) is 15.7. The molecule has 14 rings (SSSR count). The van der Waals surface area contributed by atoms with Crippen molar-refractivity contribution in [3.63, 3.8) is 0 Å². The molecule has 0 spiro atoms. The van der Waals surface area contributed by atoms with E-state index < -0.39 is 0 Å². The van der Waals surface area contributed by atoms with E-state index in [1.165, 1.54) is 75.9 Å². The van der Waals surface area contributed by atoms with Crippen molar-refractivity contribution >= 4 is 103 Å². The minimum atomic E-state index is 0.656. The molecule has 5 nitrogen and oxygen atoms in total. The Kier molecular flexibility index (Phi) is 5.96. The highest BCUT2D eigenvalue weighted by Crippen LogP contribution is 2.48. The predicted molar refractivity (Wildman–Crippen MR) is 246 cm³/mol. The molecular weight excluding hydrogens is 719 g/mol. The van der Waals surface area contributed by atoms with Gasteiger partial charge in [-0.05, 0) is 71.4 Å². The summed E-state index contributed by atoms with van der Waals surface area (Å²) in [6.45, 7) is 0. The minimum Gasteiger partial charge on any atom is -0.309 e. The van der Waals surface area contributed by atoms with E-state index in [4.69, 9.17) is 9.97 Å². The molecule has 272 valence electrons. The molecule has 0 saturated carbocycles. The smallest absolute Gasteiger partial charge is 0.235 e. The van der Waals surface area contributed by atoms with Crippen LogP contribution in [0.4, 0.5) is 0 Å². The van der Waals surface area contributed by atoms with Gasteiger partial charge >= 0.3 is 0 Å². The lowest BCUT2D eigenvalue weighted by molar-refractivity contribution is 1.01. The molecule has 5 heterocycles. The van der Waals surface area contributed by atoms with Gasteiger partial charge in [-0.15, -0.1) is 0 Å². The van der Waals surface area contributed by atoms with Gasteiger partial charge in [-0.1, -0.05) is 127 Å². The first-order valence-electron chi connectivity index (χ1n) is 20.2. The van der Waals surface area contributed by atoms with Crippen molar-refractivity contribution in [3.8, 4) is 22.9 Å². The molecular formula is C54H31N5. The van der Waals surface area contributed by atoms with E-state index in [0.29, 0.717) is 5.95 Å². The lowest BCUT2D eigenvalue weighted by atomic mass is 9.98. The Morgan fingerprint density at radius 3 is 1.78 bits per heavy atom. The Balaban J connectivity index is 1.11. The number of hydrogen-bond acceptors (Lipinski definition) is 2. The molecule has 5 aromatic heterocycles. The quantitative estimate of drug-likeness (QED) is 0.180. The van der Waals surface area contributed by atoms with Crippen molar-refractivity contribution in [1.29, 1.82) is 0 Å². The lowest BCUT2D eigenvalue weighted by Crippen LogP contribution is -2.03. The second-order valence-electron chi connectivity index (χ2n) is 15.7. The molecule has 0 fully saturated rings. The number of fused-ring (bicyclic) bond motifs is 16. The van der Waals surface area contributed by atoms with Crippen molar-refractivity contribution in [2.24, 2.45) is 0 Å². The van der Waals surface area contributed by atoms with Crippen molar-refractivity contribution < 1.29 is 0 Å². The van der Waals surface area contributed by atoms with E-state index in [-0.39, 0.29) is 0 Å². The summed E-state index contributed by atoms with van der Waals surface area (Å²) in [5, 5.41) is 13.4. The van der Waals surface area contributed by atoms with Gasteiger partial charge in [0.25, 0.3) is 0 Å². The zero-order valence-electron chi connectivity index (χ0n) is 31.6. The van der Waals surface area contributed by atoms with E-state index in [9.17, 15) is 0 Å². The van der Waals surface area contributed by atoms with Crippen LogP contribution in [0.2, 0.25) is 0 Å². The molecule has 0 unspecified atom stereocenters. The zero-order valence-corrected chi connectivity index (χ0v) is 31.6. The maximum Gasteiger partial charge on any atom is 0.235 e.